The number of aliphatic hydroxyl groups is 1. The number of aryl methyl sites for hydroxylation is 1. The van der Waals surface area contributed by atoms with Crippen molar-refractivity contribution in [2.75, 3.05) is 32.7 Å². The number of piperazine rings is 1. The Morgan fingerprint density at radius 1 is 0.795 bits per heavy atom. The minimum Gasteiger partial charge on any atom is -0.385 e. The standard InChI is InChI=1S/C29H30F2N4O.3ClH/c1-20-27(33-29(32-20)23-5-3-2-4-6-23)26(36)19-34-15-17-35(18-16-34)28(21-7-11-24(30)12-8-21)22-9-13-25(31)14-10-22;;;/h2-14,26,28,36H,15-19H2,1H3,(H,32,33);3*1H. The van der Waals surface area contributed by atoms with Gasteiger partial charge in [0.2, 0.25) is 0 Å². The number of benzene rings is 3. The summed E-state index contributed by atoms with van der Waals surface area (Å²) in [5.41, 5.74) is 4.47. The van der Waals surface area contributed by atoms with Crippen molar-refractivity contribution in [3.8, 4) is 11.4 Å². The minimum atomic E-state index is -0.699. The molecule has 0 aliphatic carbocycles. The fourth-order valence-corrected chi connectivity index (χ4v) is 4.97. The van der Waals surface area contributed by atoms with E-state index in [9.17, 15) is 13.9 Å². The van der Waals surface area contributed by atoms with Crippen LogP contribution in [0.15, 0.2) is 78.9 Å². The van der Waals surface area contributed by atoms with Gasteiger partial charge in [0.05, 0.1) is 11.7 Å². The molecule has 2 heterocycles. The number of hydrogen-bond acceptors (Lipinski definition) is 4. The van der Waals surface area contributed by atoms with E-state index in [4.69, 9.17) is 0 Å². The van der Waals surface area contributed by atoms with Crippen molar-refractivity contribution in [3.63, 3.8) is 0 Å². The van der Waals surface area contributed by atoms with E-state index in [1.807, 2.05) is 37.3 Å². The van der Waals surface area contributed by atoms with Crippen LogP contribution in [0.5, 0.6) is 0 Å². The van der Waals surface area contributed by atoms with Crippen LogP contribution in [0.4, 0.5) is 8.78 Å². The van der Waals surface area contributed by atoms with Crippen LogP contribution in [-0.2, 0) is 0 Å². The van der Waals surface area contributed by atoms with Crippen LogP contribution in [-0.4, -0.2) is 57.6 Å². The Morgan fingerprint density at radius 2 is 1.31 bits per heavy atom. The molecule has 3 aromatic carbocycles. The molecule has 4 aromatic rings. The van der Waals surface area contributed by atoms with Crippen molar-refractivity contribution in [2.24, 2.45) is 0 Å². The normalized spacial score (nSPS) is 14.7. The number of nitrogens with one attached hydrogen (secondary N) is 1. The molecule has 1 fully saturated rings. The van der Waals surface area contributed by atoms with E-state index in [1.165, 1.54) is 24.3 Å². The van der Waals surface area contributed by atoms with Gasteiger partial charge in [-0.25, -0.2) is 13.8 Å². The average Bonchev–Trinajstić information content (AvgIpc) is 3.30. The van der Waals surface area contributed by atoms with E-state index in [0.29, 0.717) is 12.2 Å². The van der Waals surface area contributed by atoms with Crippen molar-refractivity contribution < 1.29 is 13.9 Å². The lowest BCUT2D eigenvalue weighted by atomic mass is 9.96. The van der Waals surface area contributed by atoms with Gasteiger partial charge in [-0.3, -0.25) is 9.80 Å². The van der Waals surface area contributed by atoms with Gasteiger partial charge in [0.25, 0.3) is 0 Å². The molecule has 0 saturated carbocycles. The van der Waals surface area contributed by atoms with Crippen LogP contribution >= 0.6 is 37.2 Å². The highest BCUT2D eigenvalue weighted by atomic mass is 35.5. The molecule has 1 atom stereocenters. The van der Waals surface area contributed by atoms with Gasteiger partial charge in [-0.2, -0.15) is 0 Å². The molecule has 0 bridgehead atoms. The third-order valence-corrected chi connectivity index (χ3v) is 6.86. The van der Waals surface area contributed by atoms with E-state index < -0.39 is 6.10 Å². The Morgan fingerprint density at radius 3 is 1.82 bits per heavy atom. The van der Waals surface area contributed by atoms with Gasteiger partial charge in [-0.1, -0.05) is 54.6 Å². The summed E-state index contributed by atoms with van der Waals surface area (Å²) >= 11 is 0. The molecule has 5 rings (SSSR count). The summed E-state index contributed by atoms with van der Waals surface area (Å²) in [5, 5.41) is 11.0. The van der Waals surface area contributed by atoms with Crippen molar-refractivity contribution in [3.05, 3.63) is 113 Å². The average molecular weight is 598 g/mol. The van der Waals surface area contributed by atoms with Gasteiger partial charge in [0.1, 0.15) is 23.6 Å². The van der Waals surface area contributed by atoms with Crippen LogP contribution in [0.2, 0.25) is 0 Å². The largest absolute Gasteiger partial charge is 0.385 e. The molecule has 39 heavy (non-hydrogen) atoms. The Labute approximate surface area is 246 Å². The highest BCUT2D eigenvalue weighted by molar-refractivity contribution is 5.86. The highest BCUT2D eigenvalue weighted by Gasteiger charge is 2.28. The number of aromatic amines is 1. The fraction of sp³-hybridized carbons (Fsp3) is 0.276. The molecule has 10 heteroatoms. The second-order valence-electron chi connectivity index (χ2n) is 9.32. The van der Waals surface area contributed by atoms with Gasteiger partial charge >= 0.3 is 0 Å². The second-order valence-corrected chi connectivity index (χ2v) is 9.32. The molecule has 1 saturated heterocycles. The Hall–Kier alpha value is -2.52. The fourth-order valence-electron chi connectivity index (χ4n) is 4.97. The van der Waals surface area contributed by atoms with Crippen molar-refractivity contribution in [2.45, 2.75) is 19.1 Å². The first kappa shape index (κ1) is 32.7. The number of imidazole rings is 1. The van der Waals surface area contributed by atoms with E-state index in [0.717, 1.165) is 54.4 Å². The lowest BCUT2D eigenvalue weighted by molar-refractivity contribution is 0.0606. The summed E-state index contributed by atoms with van der Waals surface area (Å²) in [7, 11) is 0. The molecular formula is C29H33Cl3F2N4O. The Kier molecular flexibility index (Phi) is 12.4. The first-order chi connectivity index (χ1) is 17.5. The van der Waals surface area contributed by atoms with Crippen molar-refractivity contribution >= 4 is 37.2 Å². The predicted octanol–water partition coefficient (Wildman–Crippen LogP) is 6.37. The first-order valence-corrected chi connectivity index (χ1v) is 12.3. The smallest absolute Gasteiger partial charge is 0.137 e. The zero-order valence-electron chi connectivity index (χ0n) is 21.5. The van der Waals surface area contributed by atoms with E-state index >= 15 is 0 Å². The summed E-state index contributed by atoms with van der Waals surface area (Å²) < 4.78 is 27.2. The van der Waals surface area contributed by atoms with Crippen LogP contribution in [0.1, 0.15) is 34.7 Å². The SMILES string of the molecule is Cc1[nH]c(-c2ccccc2)nc1C(O)CN1CCN(C(c2ccc(F)cc2)c2ccc(F)cc2)CC1.Cl.Cl.Cl. The van der Waals surface area contributed by atoms with Crippen molar-refractivity contribution in [1.29, 1.82) is 0 Å². The molecule has 5 nitrogen and oxygen atoms in total. The summed E-state index contributed by atoms with van der Waals surface area (Å²) in [6, 6.07) is 22.8. The zero-order chi connectivity index (χ0) is 25.1. The molecule has 0 spiro atoms. The Bertz CT molecular complexity index is 1240. The topological polar surface area (TPSA) is 55.4 Å². The summed E-state index contributed by atoms with van der Waals surface area (Å²) in [5.74, 6) is 0.201. The Balaban J connectivity index is 0.00000178. The van der Waals surface area contributed by atoms with Gasteiger partial charge in [0.15, 0.2) is 0 Å². The monoisotopic (exact) mass is 596 g/mol. The lowest BCUT2D eigenvalue weighted by Gasteiger charge is -2.40. The molecule has 1 aromatic heterocycles. The molecule has 1 aliphatic heterocycles. The third-order valence-electron chi connectivity index (χ3n) is 6.86. The maximum absolute atomic E-state index is 13.6. The first-order valence-electron chi connectivity index (χ1n) is 12.3. The number of halogens is 5. The minimum absolute atomic E-state index is 0. The van der Waals surface area contributed by atoms with Gasteiger partial charge in [0, 0.05) is 44.0 Å². The maximum Gasteiger partial charge on any atom is 0.137 e. The quantitative estimate of drug-likeness (QED) is 0.260. The third kappa shape index (κ3) is 7.78. The molecule has 1 unspecified atom stereocenters. The lowest BCUT2D eigenvalue weighted by Crippen LogP contribution is -2.48. The predicted molar refractivity (Wildman–Crippen MR) is 158 cm³/mol. The number of β-amino-alcohol motifs (C(OH)–C–C–N with tert-alkyl or cyclic N) is 1. The number of nitrogens with zero attached hydrogens (tertiary/aromatic N) is 3. The van der Waals surface area contributed by atoms with E-state index in [1.54, 1.807) is 24.3 Å². The van der Waals surface area contributed by atoms with Crippen LogP contribution < -0.4 is 0 Å². The summed E-state index contributed by atoms with van der Waals surface area (Å²) in [6.07, 6.45) is -0.699. The number of hydrogen-bond donors (Lipinski definition) is 2. The zero-order valence-corrected chi connectivity index (χ0v) is 23.9. The number of aliphatic hydroxyl groups excluding tert-OH is 1. The molecule has 2 N–H and O–H groups in total. The van der Waals surface area contributed by atoms with Crippen molar-refractivity contribution in [1.82, 2.24) is 19.8 Å². The van der Waals surface area contributed by atoms with Gasteiger partial charge in [-0.05, 0) is 42.3 Å². The molecule has 1 aliphatic rings. The molecule has 0 radical (unpaired) electrons. The van der Waals surface area contributed by atoms with Gasteiger partial charge in [-0.15, -0.1) is 37.2 Å². The van der Waals surface area contributed by atoms with Crippen LogP contribution in [0.3, 0.4) is 0 Å². The van der Waals surface area contributed by atoms with E-state index in [2.05, 4.69) is 19.8 Å². The number of H-pyrrole nitrogens is 1. The van der Waals surface area contributed by atoms with Crippen LogP contribution in [0.25, 0.3) is 11.4 Å². The van der Waals surface area contributed by atoms with Crippen LogP contribution in [0, 0.1) is 18.6 Å². The van der Waals surface area contributed by atoms with E-state index in [-0.39, 0.29) is 54.9 Å². The number of rotatable bonds is 7. The second kappa shape index (κ2) is 14.7. The molecular weight excluding hydrogens is 565 g/mol. The maximum atomic E-state index is 13.6. The summed E-state index contributed by atoms with van der Waals surface area (Å²) in [4.78, 5) is 12.5. The molecule has 0 amide bonds. The highest BCUT2D eigenvalue weighted by Crippen LogP contribution is 2.30. The number of aromatic nitrogens is 2. The van der Waals surface area contributed by atoms with Gasteiger partial charge < -0.3 is 10.1 Å². The summed E-state index contributed by atoms with van der Waals surface area (Å²) in [6.45, 7) is 5.50. The molecule has 210 valence electrons.